The summed E-state index contributed by atoms with van der Waals surface area (Å²) in [6, 6.07) is 2.95. The molecule has 1 aliphatic rings. The third kappa shape index (κ3) is 3.94. The molecule has 1 fully saturated rings. The summed E-state index contributed by atoms with van der Waals surface area (Å²) >= 11 is 0. The number of nitrogens with one attached hydrogen (secondary N) is 1. The number of aliphatic hydroxyl groups is 1. The Balaban J connectivity index is 2.01. The van der Waals surface area contributed by atoms with Crippen LogP contribution in [0.25, 0.3) is 0 Å². The van der Waals surface area contributed by atoms with Gasteiger partial charge in [-0.05, 0) is 30.7 Å². The van der Waals surface area contributed by atoms with E-state index in [9.17, 15) is 14.7 Å². The molecule has 1 aromatic rings. The minimum atomic E-state index is -0.159. The average Bonchev–Trinajstić information content (AvgIpc) is 2.49. The molecule has 2 rings (SSSR count). The Morgan fingerprint density at radius 1 is 1.33 bits per heavy atom. The van der Waals surface area contributed by atoms with E-state index in [1.54, 1.807) is 19.3 Å². The first-order valence-corrected chi connectivity index (χ1v) is 7.62. The molecule has 1 amide bonds. The first-order chi connectivity index (χ1) is 10.1. The van der Waals surface area contributed by atoms with Gasteiger partial charge in [0.2, 0.25) is 5.56 Å². The fraction of sp³-hybridized carbons (Fsp3) is 0.625. The van der Waals surface area contributed by atoms with E-state index in [-0.39, 0.29) is 23.5 Å². The number of amides is 1. The molecule has 0 bridgehead atoms. The lowest BCUT2D eigenvalue weighted by molar-refractivity contribution is 0.0868. The molecular formula is C16H24N2O3. The standard InChI is InChI=1S/C16H24N2O3/c1-18-11-13(5-6-14(18)20)15(21)17-12-16(9-10-19)7-3-2-4-8-16/h5-6,11,19H,2-4,7-10,12H2,1H3,(H,17,21). The number of hydrogen-bond acceptors (Lipinski definition) is 3. The molecular weight excluding hydrogens is 268 g/mol. The highest BCUT2D eigenvalue weighted by atomic mass is 16.3. The zero-order valence-corrected chi connectivity index (χ0v) is 12.6. The van der Waals surface area contributed by atoms with Crippen LogP contribution in [-0.4, -0.2) is 28.7 Å². The maximum absolute atomic E-state index is 12.2. The third-order valence-electron chi connectivity index (χ3n) is 4.53. The second kappa shape index (κ2) is 6.89. The van der Waals surface area contributed by atoms with E-state index in [0.29, 0.717) is 12.1 Å². The first-order valence-electron chi connectivity index (χ1n) is 7.62. The molecule has 116 valence electrons. The van der Waals surface area contributed by atoms with Gasteiger partial charge in [0.25, 0.3) is 5.91 Å². The zero-order valence-electron chi connectivity index (χ0n) is 12.6. The number of pyridine rings is 1. The van der Waals surface area contributed by atoms with Crippen LogP contribution in [0.2, 0.25) is 0 Å². The average molecular weight is 292 g/mol. The van der Waals surface area contributed by atoms with Gasteiger partial charge in [0.15, 0.2) is 0 Å². The first kappa shape index (κ1) is 15.8. The maximum atomic E-state index is 12.2. The van der Waals surface area contributed by atoms with Crippen LogP contribution >= 0.6 is 0 Å². The molecule has 1 heterocycles. The van der Waals surface area contributed by atoms with E-state index in [1.807, 2.05) is 0 Å². The fourth-order valence-electron chi connectivity index (χ4n) is 3.15. The van der Waals surface area contributed by atoms with Crippen molar-refractivity contribution in [2.45, 2.75) is 38.5 Å². The van der Waals surface area contributed by atoms with E-state index in [1.165, 1.54) is 17.1 Å². The lowest BCUT2D eigenvalue weighted by Gasteiger charge is -2.37. The van der Waals surface area contributed by atoms with Crippen LogP contribution in [-0.2, 0) is 7.05 Å². The van der Waals surface area contributed by atoms with Crippen LogP contribution in [0, 0.1) is 5.41 Å². The minimum absolute atomic E-state index is 0.0311. The number of nitrogens with zero attached hydrogens (tertiary/aromatic N) is 1. The van der Waals surface area contributed by atoms with Crippen LogP contribution in [0.15, 0.2) is 23.1 Å². The number of aromatic nitrogens is 1. The predicted molar refractivity (Wildman–Crippen MR) is 81.2 cm³/mol. The molecule has 0 aromatic carbocycles. The van der Waals surface area contributed by atoms with Crippen molar-refractivity contribution in [3.05, 3.63) is 34.2 Å². The number of aryl methyl sites for hydroxylation is 1. The largest absolute Gasteiger partial charge is 0.396 e. The highest BCUT2D eigenvalue weighted by Gasteiger charge is 2.31. The highest BCUT2D eigenvalue weighted by Crippen LogP contribution is 2.38. The number of rotatable bonds is 5. The van der Waals surface area contributed by atoms with Crippen molar-refractivity contribution < 1.29 is 9.90 Å². The van der Waals surface area contributed by atoms with Crippen LogP contribution in [0.3, 0.4) is 0 Å². The van der Waals surface area contributed by atoms with Crippen molar-refractivity contribution in [3.8, 4) is 0 Å². The molecule has 0 spiro atoms. The molecule has 1 saturated carbocycles. The molecule has 5 nitrogen and oxygen atoms in total. The van der Waals surface area contributed by atoms with Crippen molar-refractivity contribution in [2.75, 3.05) is 13.2 Å². The molecule has 0 aliphatic heterocycles. The molecule has 2 N–H and O–H groups in total. The smallest absolute Gasteiger partial charge is 0.252 e. The summed E-state index contributed by atoms with van der Waals surface area (Å²) in [7, 11) is 1.63. The Labute approximate surface area is 125 Å². The lowest BCUT2D eigenvalue weighted by atomic mass is 9.72. The molecule has 5 heteroatoms. The molecule has 1 aromatic heterocycles. The van der Waals surface area contributed by atoms with Gasteiger partial charge in [-0.15, -0.1) is 0 Å². The lowest BCUT2D eigenvalue weighted by Crippen LogP contribution is -2.40. The van der Waals surface area contributed by atoms with E-state index >= 15 is 0 Å². The number of carbonyl (C=O) groups excluding carboxylic acids is 1. The van der Waals surface area contributed by atoms with E-state index < -0.39 is 0 Å². The quantitative estimate of drug-likeness (QED) is 0.863. The second-order valence-corrected chi connectivity index (χ2v) is 6.08. The summed E-state index contributed by atoms with van der Waals surface area (Å²) in [5.41, 5.74) is 0.395. The minimum Gasteiger partial charge on any atom is -0.396 e. The second-order valence-electron chi connectivity index (χ2n) is 6.08. The van der Waals surface area contributed by atoms with Gasteiger partial charge < -0.3 is 15.0 Å². The summed E-state index contributed by atoms with van der Waals surface area (Å²) < 4.78 is 1.40. The monoisotopic (exact) mass is 292 g/mol. The van der Waals surface area contributed by atoms with Crippen LogP contribution < -0.4 is 10.9 Å². The summed E-state index contributed by atoms with van der Waals surface area (Å²) in [6.07, 6.45) is 7.97. The highest BCUT2D eigenvalue weighted by molar-refractivity contribution is 5.93. The van der Waals surface area contributed by atoms with E-state index in [0.717, 1.165) is 32.1 Å². The number of aliphatic hydroxyl groups excluding tert-OH is 1. The molecule has 0 saturated heterocycles. The van der Waals surface area contributed by atoms with Gasteiger partial charge in [-0.1, -0.05) is 19.3 Å². The SMILES string of the molecule is Cn1cc(C(=O)NCC2(CCO)CCCCC2)ccc1=O. The Morgan fingerprint density at radius 3 is 2.67 bits per heavy atom. The summed E-state index contributed by atoms with van der Waals surface area (Å²) in [5.74, 6) is -0.159. The van der Waals surface area contributed by atoms with Crippen molar-refractivity contribution >= 4 is 5.91 Å². The Bertz CT molecular complexity index is 539. The molecule has 0 radical (unpaired) electrons. The third-order valence-corrected chi connectivity index (χ3v) is 4.53. The van der Waals surface area contributed by atoms with Crippen molar-refractivity contribution in [3.63, 3.8) is 0 Å². The Hall–Kier alpha value is -1.62. The number of hydrogen-bond donors (Lipinski definition) is 2. The van der Waals surface area contributed by atoms with Gasteiger partial charge in [-0.3, -0.25) is 9.59 Å². The van der Waals surface area contributed by atoms with Gasteiger partial charge in [-0.25, -0.2) is 0 Å². The normalized spacial score (nSPS) is 17.4. The Morgan fingerprint density at radius 2 is 2.05 bits per heavy atom. The van der Waals surface area contributed by atoms with Crippen LogP contribution in [0.4, 0.5) is 0 Å². The van der Waals surface area contributed by atoms with E-state index in [4.69, 9.17) is 0 Å². The van der Waals surface area contributed by atoms with Gasteiger partial charge >= 0.3 is 0 Å². The predicted octanol–water partition coefficient (Wildman–Crippen LogP) is 1.45. The molecule has 21 heavy (non-hydrogen) atoms. The van der Waals surface area contributed by atoms with Crippen molar-refractivity contribution in [1.29, 1.82) is 0 Å². The van der Waals surface area contributed by atoms with E-state index in [2.05, 4.69) is 5.32 Å². The maximum Gasteiger partial charge on any atom is 0.252 e. The van der Waals surface area contributed by atoms with Gasteiger partial charge in [-0.2, -0.15) is 0 Å². The zero-order chi connectivity index (χ0) is 15.3. The summed E-state index contributed by atoms with van der Waals surface area (Å²) in [6.45, 7) is 0.755. The topological polar surface area (TPSA) is 71.3 Å². The van der Waals surface area contributed by atoms with Crippen LogP contribution in [0.5, 0.6) is 0 Å². The van der Waals surface area contributed by atoms with Gasteiger partial charge in [0, 0.05) is 32.5 Å². The van der Waals surface area contributed by atoms with Crippen LogP contribution in [0.1, 0.15) is 48.9 Å². The summed E-state index contributed by atoms with van der Waals surface area (Å²) in [5, 5.41) is 12.3. The van der Waals surface area contributed by atoms with Crippen molar-refractivity contribution in [2.24, 2.45) is 12.5 Å². The van der Waals surface area contributed by atoms with Crippen molar-refractivity contribution in [1.82, 2.24) is 9.88 Å². The Kier molecular flexibility index (Phi) is 5.17. The van der Waals surface area contributed by atoms with Gasteiger partial charge in [0.1, 0.15) is 0 Å². The molecule has 0 unspecified atom stereocenters. The number of carbonyl (C=O) groups is 1. The van der Waals surface area contributed by atoms with Gasteiger partial charge in [0.05, 0.1) is 5.56 Å². The molecule has 0 atom stereocenters. The summed E-state index contributed by atoms with van der Waals surface area (Å²) in [4.78, 5) is 23.5. The molecule has 1 aliphatic carbocycles. The fourth-order valence-corrected chi connectivity index (χ4v) is 3.15.